The lowest BCUT2D eigenvalue weighted by Gasteiger charge is -2.34. The predicted octanol–water partition coefficient (Wildman–Crippen LogP) is 1.67. The summed E-state index contributed by atoms with van der Waals surface area (Å²) in [6.45, 7) is 11.2. The highest BCUT2D eigenvalue weighted by Gasteiger charge is 2.18. The van der Waals surface area contributed by atoms with Crippen molar-refractivity contribution in [3.05, 3.63) is 17.2 Å². The lowest BCUT2D eigenvalue weighted by molar-refractivity contribution is 0.312. The average Bonchev–Trinajstić information content (AvgIpc) is 2.46. The van der Waals surface area contributed by atoms with Crippen LogP contribution in [0.25, 0.3) is 0 Å². The second kappa shape index (κ2) is 7.09. The van der Waals surface area contributed by atoms with Gasteiger partial charge in [-0.15, -0.1) is 0 Å². The van der Waals surface area contributed by atoms with E-state index in [0.717, 1.165) is 49.8 Å². The molecule has 1 saturated heterocycles. The van der Waals surface area contributed by atoms with E-state index in [1.54, 1.807) is 0 Å². The van der Waals surface area contributed by atoms with Gasteiger partial charge in [-0.05, 0) is 38.9 Å². The van der Waals surface area contributed by atoms with Gasteiger partial charge in [0.05, 0.1) is 0 Å². The molecule has 5 nitrogen and oxygen atoms in total. The van der Waals surface area contributed by atoms with Gasteiger partial charge in [0.1, 0.15) is 11.6 Å². The molecule has 1 aliphatic heterocycles. The van der Waals surface area contributed by atoms with Crippen LogP contribution in [0, 0.1) is 0 Å². The molecule has 0 bridgehead atoms. The third-order valence-corrected chi connectivity index (χ3v) is 4.04. The molecule has 0 atom stereocenters. The molecule has 0 spiro atoms. The number of nitrogens with one attached hydrogen (secondary N) is 1. The highest BCUT2D eigenvalue weighted by Crippen LogP contribution is 2.25. The lowest BCUT2D eigenvalue weighted by atomic mass is 10.1. The number of likely N-dealkylation sites (N-methyl/N-ethyl adjacent to an activating group) is 1. The second-order valence-electron chi connectivity index (χ2n) is 6.11. The Morgan fingerprint density at radius 1 is 1.29 bits per heavy atom. The fraction of sp³-hybridized carbons (Fsp3) is 0.688. The van der Waals surface area contributed by atoms with E-state index < -0.39 is 0 Å². The number of aromatic nitrogens is 1. The Morgan fingerprint density at radius 3 is 2.48 bits per heavy atom. The minimum absolute atomic E-state index is 0.357. The molecule has 1 aromatic rings. The van der Waals surface area contributed by atoms with Gasteiger partial charge < -0.3 is 20.9 Å². The second-order valence-corrected chi connectivity index (χ2v) is 6.11. The molecule has 5 heteroatoms. The number of anilines is 2. The Bertz CT molecular complexity index is 464. The van der Waals surface area contributed by atoms with Crippen LogP contribution in [0.5, 0.6) is 0 Å². The van der Waals surface area contributed by atoms with Crippen molar-refractivity contribution in [3.8, 4) is 0 Å². The number of pyridine rings is 1. The Hall–Kier alpha value is -1.33. The van der Waals surface area contributed by atoms with Crippen molar-refractivity contribution in [1.29, 1.82) is 0 Å². The van der Waals surface area contributed by atoms with E-state index >= 15 is 0 Å². The molecule has 2 rings (SSSR count). The SMILES string of the molecule is CCc1cc(N2CCN(C)CC2)nc(NC(C)C)c1CN. The third-order valence-electron chi connectivity index (χ3n) is 4.04. The van der Waals surface area contributed by atoms with Crippen molar-refractivity contribution in [2.45, 2.75) is 39.8 Å². The standard InChI is InChI=1S/C16H29N5/c1-5-13-10-15(21-8-6-20(4)7-9-21)19-16(14(13)11-17)18-12(2)3/h10,12H,5-9,11,17H2,1-4H3,(H,18,19). The van der Waals surface area contributed by atoms with E-state index in [1.165, 1.54) is 5.56 Å². The van der Waals surface area contributed by atoms with E-state index in [4.69, 9.17) is 10.7 Å². The Kier molecular flexibility index (Phi) is 5.42. The molecule has 1 fully saturated rings. The molecular weight excluding hydrogens is 262 g/mol. The minimum Gasteiger partial charge on any atom is -0.368 e. The fourth-order valence-corrected chi connectivity index (χ4v) is 2.74. The summed E-state index contributed by atoms with van der Waals surface area (Å²) < 4.78 is 0. The van der Waals surface area contributed by atoms with Crippen LogP contribution in [0.3, 0.4) is 0 Å². The Labute approximate surface area is 128 Å². The molecular formula is C16H29N5. The van der Waals surface area contributed by atoms with Gasteiger partial charge in [-0.2, -0.15) is 0 Å². The number of nitrogens with two attached hydrogens (primary N) is 1. The van der Waals surface area contributed by atoms with Gasteiger partial charge in [0.25, 0.3) is 0 Å². The maximum atomic E-state index is 5.95. The number of piperazine rings is 1. The lowest BCUT2D eigenvalue weighted by Crippen LogP contribution is -2.45. The molecule has 2 heterocycles. The van der Waals surface area contributed by atoms with Crippen LogP contribution in [0.15, 0.2) is 6.07 Å². The van der Waals surface area contributed by atoms with Gasteiger partial charge >= 0.3 is 0 Å². The van der Waals surface area contributed by atoms with Gasteiger partial charge in [-0.3, -0.25) is 0 Å². The van der Waals surface area contributed by atoms with E-state index in [9.17, 15) is 0 Å². The third kappa shape index (κ3) is 3.86. The molecule has 0 unspecified atom stereocenters. The van der Waals surface area contributed by atoms with E-state index in [1.807, 2.05) is 0 Å². The van der Waals surface area contributed by atoms with Crippen molar-refractivity contribution in [2.75, 3.05) is 43.4 Å². The van der Waals surface area contributed by atoms with Crippen LogP contribution < -0.4 is 16.0 Å². The maximum absolute atomic E-state index is 5.95. The predicted molar refractivity (Wildman–Crippen MR) is 90.0 cm³/mol. The number of aryl methyl sites for hydroxylation is 1. The monoisotopic (exact) mass is 291 g/mol. The average molecular weight is 291 g/mol. The fourth-order valence-electron chi connectivity index (χ4n) is 2.74. The number of hydrogen-bond acceptors (Lipinski definition) is 5. The molecule has 21 heavy (non-hydrogen) atoms. The normalized spacial score (nSPS) is 16.6. The smallest absolute Gasteiger partial charge is 0.133 e. The zero-order valence-electron chi connectivity index (χ0n) is 13.8. The summed E-state index contributed by atoms with van der Waals surface area (Å²) in [7, 11) is 2.17. The van der Waals surface area contributed by atoms with Crippen molar-refractivity contribution >= 4 is 11.6 Å². The quantitative estimate of drug-likeness (QED) is 0.864. The molecule has 118 valence electrons. The highest BCUT2D eigenvalue weighted by molar-refractivity contribution is 5.57. The van der Waals surface area contributed by atoms with Crippen LogP contribution in [-0.2, 0) is 13.0 Å². The molecule has 0 amide bonds. The van der Waals surface area contributed by atoms with Crippen molar-refractivity contribution in [1.82, 2.24) is 9.88 Å². The first-order valence-electron chi connectivity index (χ1n) is 7.98. The van der Waals surface area contributed by atoms with E-state index in [2.05, 4.69) is 49.0 Å². The van der Waals surface area contributed by atoms with Crippen molar-refractivity contribution in [3.63, 3.8) is 0 Å². The minimum atomic E-state index is 0.357. The van der Waals surface area contributed by atoms with Crippen LogP contribution in [0.4, 0.5) is 11.6 Å². The van der Waals surface area contributed by atoms with Crippen molar-refractivity contribution < 1.29 is 0 Å². The number of rotatable bonds is 5. The molecule has 0 aromatic carbocycles. The zero-order chi connectivity index (χ0) is 15.4. The van der Waals surface area contributed by atoms with E-state index in [0.29, 0.717) is 12.6 Å². The van der Waals surface area contributed by atoms with Gasteiger partial charge in [0.2, 0.25) is 0 Å². The largest absolute Gasteiger partial charge is 0.368 e. The van der Waals surface area contributed by atoms with Crippen LogP contribution >= 0.6 is 0 Å². The van der Waals surface area contributed by atoms with Gasteiger partial charge in [-0.25, -0.2) is 4.98 Å². The Balaban J connectivity index is 2.33. The Morgan fingerprint density at radius 2 is 1.95 bits per heavy atom. The number of hydrogen-bond donors (Lipinski definition) is 2. The van der Waals surface area contributed by atoms with Gasteiger partial charge in [0.15, 0.2) is 0 Å². The first-order chi connectivity index (χ1) is 10.0. The topological polar surface area (TPSA) is 57.4 Å². The van der Waals surface area contributed by atoms with Crippen LogP contribution in [0.2, 0.25) is 0 Å². The number of nitrogens with zero attached hydrogens (tertiary/aromatic N) is 3. The summed E-state index contributed by atoms with van der Waals surface area (Å²) in [6.07, 6.45) is 0.989. The van der Waals surface area contributed by atoms with Crippen molar-refractivity contribution in [2.24, 2.45) is 5.73 Å². The highest BCUT2D eigenvalue weighted by atomic mass is 15.3. The molecule has 3 N–H and O–H groups in total. The summed E-state index contributed by atoms with van der Waals surface area (Å²) >= 11 is 0. The van der Waals surface area contributed by atoms with Crippen LogP contribution in [0.1, 0.15) is 31.9 Å². The first kappa shape index (κ1) is 16.0. The molecule has 1 aliphatic rings. The molecule has 1 aromatic heterocycles. The summed E-state index contributed by atoms with van der Waals surface area (Å²) in [5.41, 5.74) is 8.42. The van der Waals surface area contributed by atoms with Gasteiger partial charge in [0, 0.05) is 44.3 Å². The molecule has 0 aliphatic carbocycles. The van der Waals surface area contributed by atoms with Gasteiger partial charge in [-0.1, -0.05) is 6.92 Å². The summed E-state index contributed by atoms with van der Waals surface area (Å²) in [4.78, 5) is 9.60. The van der Waals surface area contributed by atoms with Crippen LogP contribution in [-0.4, -0.2) is 49.2 Å². The maximum Gasteiger partial charge on any atom is 0.133 e. The summed E-state index contributed by atoms with van der Waals surface area (Å²) in [6, 6.07) is 2.58. The summed E-state index contributed by atoms with van der Waals surface area (Å²) in [5.74, 6) is 2.04. The molecule has 0 saturated carbocycles. The zero-order valence-corrected chi connectivity index (χ0v) is 13.8. The summed E-state index contributed by atoms with van der Waals surface area (Å²) in [5, 5.41) is 3.46. The molecule has 0 radical (unpaired) electrons. The van der Waals surface area contributed by atoms with E-state index in [-0.39, 0.29) is 0 Å². The first-order valence-corrected chi connectivity index (χ1v) is 7.98.